The van der Waals surface area contributed by atoms with E-state index in [1.165, 1.54) is 13.0 Å². The van der Waals surface area contributed by atoms with E-state index in [-0.39, 0.29) is 10.6 Å². The molecule has 1 amide bonds. The van der Waals surface area contributed by atoms with E-state index < -0.39 is 29.5 Å². The van der Waals surface area contributed by atoms with Gasteiger partial charge in [-0.2, -0.15) is 13.2 Å². The van der Waals surface area contributed by atoms with Crippen molar-refractivity contribution in [1.82, 2.24) is 0 Å². The summed E-state index contributed by atoms with van der Waals surface area (Å²) in [6, 6.07) is 3.10. The predicted molar refractivity (Wildman–Crippen MR) is 66.6 cm³/mol. The molecule has 0 heterocycles. The van der Waals surface area contributed by atoms with Crippen molar-refractivity contribution in [2.75, 3.05) is 0 Å². The number of halogens is 3. The highest BCUT2D eigenvalue weighted by atomic mass is 32.1. The second-order valence-electron chi connectivity index (χ2n) is 3.74. The average Bonchev–Trinajstić information content (AvgIpc) is 2.27. The quantitative estimate of drug-likeness (QED) is 0.826. The van der Waals surface area contributed by atoms with Crippen LogP contribution in [0.25, 0.3) is 0 Å². The van der Waals surface area contributed by atoms with Crippen LogP contribution in [-0.2, 0) is 11.0 Å². The molecule has 19 heavy (non-hydrogen) atoms. The molecular weight excluding hydrogens is 281 g/mol. The smallest absolute Gasteiger partial charge is 0.419 e. The molecule has 1 rings (SSSR count). The first-order valence-electron chi connectivity index (χ1n) is 5.10. The van der Waals surface area contributed by atoms with Gasteiger partial charge in [0.2, 0.25) is 0 Å². The number of hydrogen-bond acceptors (Lipinski definition) is 3. The van der Waals surface area contributed by atoms with Gasteiger partial charge >= 0.3 is 6.18 Å². The van der Waals surface area contributed by atoms with E-state index in [9.17, 15) is 18.0 Å². The Kier molecular flexibility index (Phi) is 4.35. The summed E-state index contributed by atoms with van der Waals surface area (Å²) in [6.07, 6.45) is -5.84. The standard InChI is InChI=1S/C11H11F3N2O2S/c1-5(9(15)17)18-8-3-2-6(10(16)19)4-7(8)11(12,13)14/h2-5H,1H3,(H2,15,17)(H2,16,19). The van der Waals surface area contributed by atoms with Crippen molar-refractivity contribution in [3.8, 4) is 5.75 Å². The van der Waals surface area contributed by atoms with E-state index in [2.05, 4.69) is 12.2 Å². The lowest BCUT2D eigenvalue weighted by atomic mass is 10.1. The summed E-state index contributed by atoms with van der Waals surface area (Å²) < 4.78 is 43.5. The van der Waals surface area contributed by atoms with Gasteiger partial charge in [-0.25, -0.2) is 0 Å². The third-order valence-corrected chi connectivity index (χ3v) is 2.51. The molecule has 0 fully saturated rings. The number of nitrogens with two attached hydrogens (primary N) is 2. The van der Waals surface area contributed by atoms with Crippen LogP contribution in [0.5, 0.6) is 5.75 Å². The van der Waals surface area contributed by atoms with Crippen LogP contribution in [0.4, 0.5) is 13.2 Å². The summed E-state index contributed by atoms with van der Waals surface area (Å²) in [5.74, 6) is -1.37. The number of carbonyl (C=O) groups is 1. The Morgan fingerprint density at radius 3 is 2.37 bits per heavy atom. The number of thiocarbonyl (C=S) groups is 1. The second kappa shape index (κ2) is 5.43. The molecule has 0 bridgehead atoms. The van der Waals surface area contributed by atoms with Gasteiger partial charge in [0.1, 0.15) is 10.7 Å². The Morgan fingerprint density at radius 2 is 1.95 bits per heavy atom. The van der Waals surface area contributed by atoms with Crippen molar-refractivity contribution in [3.05, 3.63) is 29.3 Å². The van der Waals surface area contributed by atoms with Crippen LogP contribution in [0, 0.1) is 0 Å². The van der Waals surface area contributed by atoms with E-state index in [0.29, 0.717) is 0 Å². The maximum Gasteiger partial charge on any atom is 0.419 e. The van der Waals surface area contributed by atoms with Crippen molar-refractivity contribution in [2.45, 2.75) is 19.2 Å². The molecule has 0 saturated heterocycles. The summed E-state index contributed by atoms with van der Waals surface area (Å²) in [7, 11) is 0. The lowest BCUT2D eigenvalue weighted by molar-refractivity contribution is -0.140. The summed E-state index contributed by atoms with van der Waals surface area (Å²) in [4.78, 5) is 10.6. The third kappa shape index (κ3) is 3.82. The summed E-state index contributed by atoms with van der Waals surface area (Å²) >= 11 is 4.61. The van der Waals surface area contributed by atoms with E-state index >= 15 is 0 Å². The molecule has 0 radical (unpaired) electrons. The lowest BCUT2D eigenvalue weighted by Gasteiger charge is -2.17. The topological polar surface area (TPSA) is 78.3 Å². The van der Waals surface area contributed by atoms with Gasteiger partial charge < -0.3 is 16.2 Å². The fourth-order valence-electron chi connectivity index (χ4n) is 1.26. The largest absolute Gasteiger partial charge is 0.480 e. The van der Waals surface area contributed by atoms with Gasteiger partial charge in [0.25, 0.3) is 5.91 Å². The van der Waals surface area contributed by atoms with Gasteiger partial charge in [-0.1, -0.05) is 12.2 Å². The number of carbonyl (C=O) groups excluding carboxylic acids is 1. The number of alkyl halides is 3. The molecule has 4 N–H and O–H groups in total. The normalized spacial score (nSPS) is 12.8. The first kappa shape index (κ1) is 15.2. The monoisotopic (exact) mass is 292 g/mol. The molecule has 8 heteroatoms. The molecule has 0 aromatic heterocycles. The second-order valence-corrected chi connectivity index (χ2v) is 4.18. The van der Waals surface area contributed by atoms with Crippen molar-refractivity contribution < 1.29 is 22.7 Å². The molecule has 0 saturated carbocycles. The summed E-state index contributed by atoms with van der Waals surface area (Å²) in [6.45, 7) is 1.25. The highest BCUT2D eigenvalue weighted by Crippen LogP contribution is 2.37. The zero-order valence-corrected chi connectivity index (χ0v) is 10.6. The number of benzene rings is 1. The lowest BCUT2D eigenvalue weighted by Crippen LogP contribution is -2.31. The van der Waals surface area contributed by atoms with Crippen LogP contribution in [-0.4, -0.2) is 17.0 Å². The third-order valence-electron chi connectivity index (χ3n) is 2.27. The Balaban J connectivity index is 3.24. The Morgan fingerprint density at radius 1 is 1.37 bits per heavy atom. The Hall–Kier alpha value is -1.83. The SMILES string of the molecule is CC(Oc1ccc(C(N)=S)cc1C(F)(F)F)C(N)=O. The number of amides is 1. The number of hydrogen-bond donors (Lipinski definition) is 2. The van der Waals surface area contributed by atoms with Crippen molar-refractivity contribution in [2.24, 2.45) is 11.5 Å². The van der Waals surface area contributed by atoms with Crippen LogP contribution in [0.15, 0.2) is 18.2 Å². The number of primary amides is 1. The Bertz CT molecular complexity index is 517. The highest BCUT2D eigenvalue weighted by molar-refractivity contribution is 7.80. The first-order valence-corrected chi connectivity index (χ1v) is 5.50. The van der Waals surface area contributed by atoms with Gasteiger partial charge in [-0.3, -0.25) is 4.79 Å². The molecule has 0 aliphatic rings. The van der Waals surface area contributed by atoms with E-state index in [4.69, 9.17) is 16.2 Å². The fourth-order valence-corrected chi connectivity index (χ4v) is 1.38. The molecule has 0 aliphatic heterocycles. The predicted octanol–water partition coefficient (Wildman–Crippen LogP) is 1.59. The molecular formula is C11H11F3N2O2S. The van der Waals surface area contributed by atoms with Crippen molar-refractivity contribution in [3.63, 3.8) is 0 Å². The molecule has 4 nitrogen and oxygen atoms in total. The molecule has 1 aromatic rings. The summed E-state index contributed by atoms with van der Waals surface area (Å²) in [5, 5.41) is 0. The minimum Gasteiger partial charge on any atom is -0.480 e. The zero-order valence-electron chi connectivity index (χ0n) is 9.82. The van der Waals surface area contributed by atoms with Gasteiger partial charge in [-0.05, 0) is 25.1 Å². The van der Waals surface area contributed by atoms with Gasteiger partial charge in [0.05, 0.1) is 5.56 Å². The fraction of sp³-hybridized carbons (Fsp3) is 0.273. The van der Waals surface area contributed by atoms with Crippen molar-refractivity contribution >= 4 is 23.1 Å². The van der Waals surface area contributed by atoms with Crippen LogP contribution in [0.2, 0.25) is 0 Å². The molecule has 0 aliphatic carbocycles. The molecule has 0 spiro atoms. The number of ether oxygens (including phenoxy) is 1. The van der Waals surface area contributed by atoms with Crippen LogP contribution < -0.4 is 16.2 Å². The molecule has 1 aromatic carbocycles. The van der Waals surface area contributed by atoms with Gasteiger partial charge in [-0.15, -0.1) is 0 Å². The molecule has 104 valence electrons. The molecule has 1 unspecified atom stereocenters. The highest BCUT2D eigenvalue weighted by Gasteiger charge is 2.35. The first-order chi connectivity index (χ1) is 8.62. The van der Waals surface area contributed by atoms with E-state index in [1.54, 1.807) is 0 Å². The van der Waals surface area contributed by atoms with Gasteiger partial charge in [0, 0.05) is 5.56 Å². The van der Waals surface area contributed by atoms with Crippen LogP contribution in [0.1, 0.15) is 18.1 Å². The average molecular weight is 292 g/mol. The minimum absolute atomic E-state index is 0.0569. The minimum atomic E-state index is -4.66. The zero-order chi connectivity index (χ0) is 14.8. The summed E-state index contributed by atoms with van der Waals surface area (Å²) in [5.41, 5.74) is 9.20. The van der Waals surface area contributed by atoms with Crippen molar-refractivity contribution in [1.29, 1.82) is 0 Å². The van der Waals surface area contributed by atoms with Crippen LogP contribution >= 0.6 is 12.2 Å². The van der Waals surface area contributed by atoms with E-state index in [0.717, 1.165) is 12.1 Å². The maximum atomic E-state index is 12.9. The maximum absolute atomic E-state index is 12.9. The Labute approximate surface area is 112 Å². The number of rotatable bonds is 4. The van der Waals surface area contributed by atoms with Gasteiger partial charge in [0.15, 0.2) is 6.10 Å². The molecule has 1 atom stereocenters. The van der Waals surface area contributed by atoms with E-state index in [1.807, 2.05) is 0 Å². The van der Waals surface area contributed by atoms with Crippen LogP contribution in [0.3, 0.4) is 0 Å².